The first-order chi connectivity index (χ1) is 8.94. The highest BCUT2D eigenvalue weighted by Gasteiger charge is 2.30. The molecule has 0 bridgehead atoms. The fourth-order valence-electron chi connectivity index (χ4n) is 2.48. The molecule has 1 aromatic rings. The van der Waals surface area contributed by atoms with E-state index in [1.165, 1.54) is 12.1 Å². The molecule has 0 radical (unpaired) electrons. The van der Waals surface area contributed by atoms with E-state index in [4.69, 9.17) is 5.73 Å². The molecule has 0 saturated heterocycles. The highest BCUT2D eigenvalue weighted by atomic mass is 35.5. The van der Waals surface area contributed by atoms with E-state index in [9.17, 15) is 12.8 Å². The molecule has 7 heteroatoms. The molecule has 1 aliphatic carbocycles. The van der Waals surface area contributed by atoms with Crippen molar-refractivity contribution in [1.82, 2.24) is 4.72 Å². The molecule has 2 unspecified atom stereocenters. The Hall–Kier alpha value is -0.690. The summed E-state index contributed by atoms with van der Waals surface area (Å²) in [7, 11) is -3.67. The van der Waals surface area contributed by atoms with Gasteiger partial charge in [-0.05, 0) is 49.9 Å². The lowest BCUT2D eigenvalue weighted by Gasteiger charge is -2.19. The zero-order chi connectivity index (χ0) is 14.0. The monoisotopic (exact) mass is 322 g/mol. The van der Waals surface area contributed by atoms with E-state index >= 15 is 0 Å². The number of halogens is 2. The number of hydrogen-bond donors (Lipinski definition) is 2. The standard InChI is InChI=1S/C13H19FN2O2S.ClH/c1-9-5-6-11(7-12(9)14)19(17,18)16-13-4-2-3-10(13)8-15;/h5-7,10,13,16H,2-4,8,15H2,1H3;1H. The van der Waals surface area contributed by atoms with Crippen LogP contribution in [0.15, 0.2) is 23.1 Å². The molecule has 0 aliphatic heterocycles. The number of sulfonamides is 1. The van der Waals surface area contributed by atoms with Crippen LogP contribution in [0.5, 0.6) is 0 Å². The molecular weight excluding hydrogens is 303 g/mol. The zero-order valence-electron chi connectivity index (χ0n) is 11.3. The third-order valence-electron chi connectivity index (χ3n) is 3.72. The quantitative estimate of drug-likeness (QED) is 0.890. The Balaban J connectivity index is 0.00000200. The second-order valence-corrected chi connectivity index (χ2v) is 6.78. The molecule has 20 heavy (non-hydrogen) atoms. The van der Waals surface area contributed by atoms with Crippen LogP contribution in [0.4, 0.5) is 4.39 Å². The molecule has 2 atom stereocenters. The Bertz CT molecular complexity index is 565. The minimum Gasteiger partial charge on any atom is -0.330 e. The van der Waals surface area contributed by atoms with Gasteiger partial charge in [0.05, 0.1) is 4.90 Å². The van der Waals surface area contributed by atoms with Gasteiger partial charge in [-0.3, -0.25) is 0 Å². The number of nitrogens with one attached hydrogen (secondary N) is 1. The molecular formula is C13H20ClFN2O2S. The summed E-state index contributed by atoms with van der Waals surface area (Å²) in [6.45, 7) is 2.07. The molecule has 1 fully saturated rings. The van der Waals surface area contributed by atoms with Crippen LogP contribution < -0.4 is 10.5 Å². The van der Waals surface area contributed by atoms with Crippen LogP contribution in [0.25, 0.3) is 0 Å². The normalized spacial score (nSPS) is 22.6. The summed E-state index contributed by atoms with van der Waals surface area (Å²) in [4.78, 5) is -0.0294. The van der Waals surface area contributed by atoms with Crippen LogP contribution in [0, 0.1) is 18.7 Å². The Morgan fingerprint density at radius 2 is 2.10 bits per heavy atom. The maximum atomic E-state index is 13.5. The van der Waals surface area contributed by atoms with E-state index in [1.807, 2.05) is 0 Å². The summed E-state index contributed by atoms with van der Waals surface area (Å²) in [5.41, 5.74) is 6.06. The number of benzene rings is 1. The molecule has 0 aromatic heterocycles. The number of nitrogens with two attached hydrogens (primary N) is 1. The molecule has 1 saturated carbocycles. The van der Waals surface area contributed by atoms with Gasteiger partial charge in [0, 0.05) is 6.04 Å². The van der Waals surface area contributed by atoms with Gasteiger partial charge in [-0.15, -0.1) is 12.4 Å². The van der Waals surface area contributed by atoms with Crippen molar-refractivity contribution in [3.63, 3.8) is 0 Å². The van der Waals surface area contributed by atoms with Crippen LogP contribution in [0.1, 0.15) is 24.8 Å². The molecule has 3 N–H and O–H groups in total. The minimum absolute atomic E-state index is 0. The van der Waals surface area contributed by atoms with E-state index < -0.39 is 15.8 Å². The maximum Gasteiger partial charge on any atom is 0.240 e. The van der Waals surface area contributed by atoms with E-state index in [-0.39, 0.29) is 29.3 Å². The average Bonchev–Trinajstić information content (AvgIpc) is 2.79. The van der Waals surface area contributed by atoms with Crippen LogP contribution in [0.3, 0.4) is 0 Å². The van der Waals surface area contributed by atoms with Crippen molar-refractivity contribution in [2.75, 3.05) is 6.54 Å². The van der Waals surface area contributed by atoms with Gasteiger partial charge < -0.3 is 5.73 Å². The first kappa shape index (κ1) is 17.4. The van der Waals surface area contributed by atoms with Gasteiger partial charge in [0.15, 0.2) is 0 Å². The predicted octanol–water partition coefficient (Wildman–Crippen LogP) is 1.96. The highest BCUT2D eigenvalue weighted by molar-refractivity contribution is 7.89. The summed E-state index contributed by atoms with van der Waals surface area (Å²) in [6.07, 6.45) is 2.69. The third kappa shape index (κ3) is 3.69. The van der Waals surface area contributed by atoms with Crippen LogP contribution >= 0.6 is 12.4 Å². The van der Waals surface area contributed by atoms with Crippen molar-refractivity contribution in [3.8, 4) is 0 Å². The van der Waals surface area contributed by atoms with Crippen LogP contribution in [-0.4, -0.2) is 21.0 Å². The largest absolute Gasteiger partial charge is 0.330 e. The molecule has 0 amide bonds. The summed E-state index contributed by atoms with van der Waals surface area (Å²) in [6, 6.07) is 3.82. The fraction of sp³-hybridized carbons (Fsp3) is 0.538. The van der Waals surface area contributed by atoms with Gasteiger partial charge >= 0.3 is 0 Å². The second kappa shape index (κ2) is 6.85. The van der Waals surface area contributed by atoms with Gasteiger partial charge in [-0.1, -0.05) is 12.5 Å². The third-order valence-corrected chi connectivity index (χ3v) is 5.21. The topological polar surface area (TPSA) is 72.2 Å². The zero-order valence-corrected chi connectivity index (χ0v) is 12.9. The number of aryl methyl sites for hydroxylation is 1. The molecule has 1 aromatic carbocycles. The van der Waals surface area contributed by atoms with E-state index in [0.29, 0.717) is 12.1 Å². The second-order valence-electron chi connectivity index (χ2n) is 5.07. The van der Waals surface area contributed by atoms with Crippen molar-refractivity contribution in [3.05, 3.63) is 29.6 Å². The Morgan fingerprint density at radius 3 is 2.70 bits per heavy atom. The summed E-state index contributed by atoms with van der Waals surface area (Å²) in [5, 5.41) is 0. The van der Waals surface area contributed by atoms with Crippen molar-refractivity contribution in [1.29, 1.82) is 0 Å². The van der Waals surface area contributed by atoms with Gasteiger partial charge in [-0.2, -0.15) is 0 Å². The van der Waals surface area contributed by atoms with E-state index in [1.54, 1.807) is 6.92 Å². The van der Waals surface area contributed by atoms with Crippen molar-refractivity contribution >= 4 is 22.4 Å². The van der Waals surface area contributed by atoms with Gasteiger partial charge in [0.2, 0.25) is 10.0 Å². The first-order valence-corrected chi connectivity index (χ1v) is 7.91. The molecule has 114 valence electrons. The lowest BCUT2D eigenvalue weighted by Crippen LogP contribution is -2.39. The minimum atomic E-state index is -3.67. The smallest absolute Gasteiger partial charge is 0.240 e. The average molecular weight is 323 g/mol. The summed E-state index contributed by atoms with van der Waals surface area (Å²) in [5.74, 6) is -0.338. The molecule has 4 nitrogen and oxygen atoms in total. The van der Waals surface area contributed by atoms with Crippen LogP contribution in [-0.2, 0) is 10.0 Å². The van der Waals surface area contributed by atoms with Crippen molar-refractivity contribution in [2.24, 2.45) is 11.7 Å². The fourth-order valence-corrected chi connectivity index (χ4v) is 3.83. The van der Waals surface area contributed by atoms with Gasteiger partial charge in [0.1, 0.15) is 5.82 Å². The lowest BCUT2D eigenvalue weighted by atomic mass is 10.1. The Morgan fingerprint density at radius 1 is 1.40 bits per heavy atom. The maximum absolute atomic E-state index is 13.5. The lowest BCUT2D eigenvalue weighted by molar-refractivity contribution is 0.452. The Labute approximate surface area is 125 Å². The van der Waals surface area contributed by atoms with E-state index in [0.717, 1.165) is 25.3 Å². The SMILES string of the molecule is Cc1ccc(S(=O)(=O)NC2CCCC2CN)cc1F.Cl. The molecule has 0 heterocycles. The molecule has 1 aliphatic rings. The van der Waals surface area contributed by atoms with E-state index in [2.05, 4.69) is 4.72 Å². The van der Waals surface area contributed by atoms with Gasteiger partial charge in [-0.25, -0.2) is 17.5 Å². The number of rotatable bonds is 4. The summed E-state index contributed by atoms with van der Waals surface area (Å²) >= 11 is 0. The van der Waals surface area contributed by atoms with Crippen molar-refractivity contribution in [2.45, 2.75) is 37.1 Å². The van der Waals surface area contributed by atoms with Crippen molar-refractivity contribution < 1.29 is 12.8 Å². The molecule has 0 spiro atoms. The Kier molecular flexibility index (Phi) is 5.94. The number of hydrogen-bond acceptors (Lipinski definition) is 3. The predicted molar refractivity (Wildman–Crippen MR) is 78.9 cm³/mol. The van der Waals surface area contributed by atoms with Crippen LogP contribution in [0.2, 0.25) is 0 Å². The highest BCUT2D eigenvalue weighted by Crippen LogP contribution is 2.26. The summed E-state index contributed by atoms with van der Waals surface area (Å²) < 4.78 is 40.5. The van der Waals surface area contributed by atoms with Gasteiger partial charge in [0.25, 0.3) is 0 Å². The first-order valence-electron chi connectivity index (χ1n) is 6.42. The molecule has 2 rings (SSSR count).